The molecule has 0 aliphatic heterocycles. The molecule has 3 nitrogen and oxygen atoms in total. The standard InChI is InChI=1S/C11H16BrNO2/c1-7(6-12)8(2)13-11(14)10-4-5-15-9(10)3/h4-5,7-8H,6H2,1-3H3,(H,13,14). The van der Waals surface area contributed by atoms with Gasteiger partial charge in [-0.2, -0.15) is 0 Å². The number of rotatable bonds is 4. The molecule has 0 aliphatic rings. The Labute approximate surface area is 98.4 Å². The van der Waals surface area contributed by atoms with Gasteiger partial charge in [0.15, 0.2) is 0 Å². The zero-order valence-corrected chi connectivity index (χ0v) is 10.8. The van der Waals surface area contributed by atoms with E-state index >= 15 is 0 Å². The first-order valence-corrected chi connectivity index (χ1v) is 6.09. The molecule has 2 atom stereocenters. The lowest BCUT2D eigenvalue weighted by molar-refractivity contribution is 0.0929. The molecule has 0 bridgehead atoms. The largest absolute Gasteiger partial charge is 0.469 e. The molecule has 1 heterocycles. The number of alkyl halides is 1. The molecule has 1 amide bonds. The third-order valence-electron chi connectivity index (χ3n) is 2.56. The third-order valence-corrected chi connectivity index (χ3v) is 3.58. The topological polar surface area (TPSA) is 42.2 Å². The van der Waals surface area contributed by atoms with E-state index in [0.29, 0.717) is 17.2 Å². The van der Waals surface area contributed by atoms with E-state index in [1.165, 1.54) is 6.26 Å². The summed E-state index contributed by atoms with van der Waals surface area (Å²) in [6.07, 6.45) is 1.53. The monoisotopic (exact) mass is 273 g/mol. The van der Waals surface area contributed by atoms with Crippen molar-refractivity contribution in [2.45, 2.75) is 26.8 Å². The van der Waals surface area contributed by atoms with E-state index in [0.717, 1.165) is 5.33 Å². The molecule has 0 spiro atoms. The van der Waals surface area contributed by atoms with Crippen molar-refractivity contribution in [1.29, 1.82) is 0 Å². The lowest BCUT2D eigenvalue weighted by Crippen LogP contribution is -2.37. The fourth-order valence-electron chi connectivity index (χ4n) is 1.18. The minimum atomic E-state index is -0.0680. The van der Waals surface area contributed by atoms with E-state index < -0.39 is 0 Å². The highest BCUT2D eigenvalue weighted by molar-refractivity contribution is 9.09. The molecule has 0 saturated heterocycles. The van der Waals surface area contributed by atoms with Gasteiger partial charge < -0.3 is 9.73 Å². The van der Waals surface area contributed by atoms with Crippen molar-refractivity contribution in [1.82, 2.24) is 5.32 Å². The first-order chi connectivity index (χ1) is 7.06. The molecule has 0 aromatic carbocycles. The van der Waals surface area contributed by atoms with Crippen molar-refractivity contribution >= 4 is 21.8 Å². The Morgan fingerprint density at radius 1 is 1.60 bits per heavy atom. The van der Waals surface area contributed by atoms with E-state index in [9.17, 15) is 4.79 Å². The molecule has 0 fully saturated rings. The smallest absolute Gasteiger partial charge is 0.255 e. The molecule has 15 heavy (non-hydrogen) atoms. The van der Waals surface area contributed by atoms with Gasteiger partial charge in [0.25, 0.3) is 5.91 Å². The number of furan rings is 1. The van der Waals surface area contributed by atoms with Gasteiger partial charge in [0.1, 0.15) is 5.76 Å². The van der Waals surface area contributed by atoms with Crippen LogP contribution in [-0.4, -0.2) is 17.3 Å². The SMILES string of the molecule is Cc1occc1C(=O)NC(C)C(C)CBr. The van der Waals surface area contributed by atoms with Gasteiger partial charge in [0.2, 0.25) is 0 Å². The minimum Gasteiger partial charge on any atom is -0.469 e. The summed E-state index contributed by atoms with van der Waals surface area (Å²) in [7, 11) is 0. The van der Waals surface area contributed by atoms with Crippen LogP contribution in [0.15, 0.2) is 16.7 Å². The predicted molar refractivity (Wildman–Crippen MR) is 63.3 cm³/mol. The molecule has 1 aromatic heterocycles. The lowest BCUT2D eigenvalue weighted by atomic mass is 10.1. The minimum absolute atomic E-state index is 0.0680. The summed E-state index contributed by atoms with van der Waals surface area (Å²) < 4.78 is 5.08. The zero-order chi connectivity index (χ0) is 11.4. The highest BCUT2D eigenvalue weighted by Gasteiger charge is 2.17. The van der Waals surface area contributed by atoms with Gasteiger partial charge in [-0.1, -0.05) is 22.9 Å². The van der Waals surface area contributed by atoms with E-state index in [1.54, 1.807) is 13.0 Å². The Hall–Kier alpha value is -0.770. The Morgan fingerprint density at radius 3 is 2.73 bits per heavy atom. The Bertz CT molecular complexity index is 335. The summed E-state index contributed by atoms with van der Waals surface area (Å²) >= 11 is 3.40. The number of carbonyl (C=O) groups excluding carboxylic acids is 1. The summed E-state index contributed by atoms with van der Waals surface area (Å²) in [5.41, 5.74) is 0.614. The molecule has 0 aliphatic carbocycles. The fourth-order valence-corrected chi connectivity index (χ4v) is 1.74. The van der Waals surface area contributed by atoms with E-state index in [-0.39, 0.29) is 11.9 Å². The van der Waals surface area contributed by atoms with Gasteiger partial charge in [-0.05, 0) is 25.8 Å². The van der Waals surface area contributed by atoms with Crippen molar-refractivity contribution in [3.05, 3.63) is 23.7 Å². The molecule has 2 unspecified atom stereocenters. The second-order valence-electron chi connectivity index (χ2n) is 3.78. The second-order valence-corrected chi connectivity index (χ2v) is 4.43. The van der Waals surface area contributed by atoms with E-state index in [1.807, 2.05) is 6.92 Å². The molecule has 1 rings (SSSR count). The highest BCUT2D eigenvalue weighted by Crippen LogP contribution is 2.11. The summed E-state index contributed by atoms with van der Waals surface area (Å²) in [6.45, 7) is 5.87. The molecule has 84 valence electrons. The molecule has 1 N–H and O–H groups in total. The van der Waals surface area contributed by atoms with Gasteiger partial charge in [0.05, 0.1) is 11.8 Å². The van der Waals surface area contributed by atoms with Crippen LogP contribution in [0.4, 0.5) is 0 Å². The van der Waals surface area contributed by atoms with Crippen molar-refractivity contribution in [2.75, 3.05) is 5.33 Å². The maximum atomic E-state index is 11.8. The van der Waals surface area contributed by atoms with Crippen LogP contribution >= 0.6 is 15.9 Å². The molecular weight excluding hydrogens is 258 g/mol. The van der Waals surface area contributed by atoms with Crippen LogP contribution in [0.1, 0.15) is 30.0 Å². The number of hydrogen-bond donors (Lipinski definition) is 1. The van der Waals surface area contributed by atoms with Gasteiger partial charge >= 0.3 is 0 Å². The number of halogens is 1. The van der Waals surface area contributed by atoms with Crippen LogP contribution < -0.4 is 5.32 Å². The lowest BCUT2D eigenvalue weighted by Gasteiger charge is -2.18. The summed E-state index contributed by atoms with van der Waals surface area (Å²) in [4.78, 5) is 11.8. The normalized spacial score (nSPS) is 14.7. The number of aryl methyl sites for hydroxylation is 1. The molecule has 1 aromatic rings. The Kier molecular flexibility index (Phi) is 4.39. The Morgan fingerprint density at radius 2 is 2.27 bits per heavy atom. The van der Waals surface area contributed by atoms with Gasteiger partial charge in [-0.15, -0.1) is 0 Å². The van der Waals surface area contributed by atoms with Crippen molar-refractivity contribution in [3.63, 3.8) is 0 Å². The van der Waals surface area contributed by atoms with Crippen LogP contribution in [0.3, 0.4) is 0 Å². The molecule has 0 saturated carbocycles. The summed E-state index contributed by atoms with van der Waals surface area (Å²) in [5, 5.41) is 3.82. The van der Waals surface area contributed by atoms with Crippen molar-refractivity contribution < 1.29 is 9.21 Å². The van der Waals surface area contributed by atoms with Crippen LogP contribution in [0.2, 0.25) is 0 Å². The zero-order valence-electron chi connectivity index (χ0n) is 9.21. The third kappa shape index (κ3) is 3.09. The molecular formula is C11H16BrNO2. The van der Waals surface area contributed by atoms with Gasteiger partial charge in [0, 0.05) is 11.4 Å². The fraction of sp³-hybridized carbons (Fsp3) is 0.545. The van der Waals surface area contributed by atoms with Gasteiger partial charge in [-0.3, -0.25) is 4.79 Å². The molecule has 0 radical (unpaired) electrons. The highest BCUT2D eigenvalue weighted by atomic mass is 79.9. The number of nitrogens with one attached hydrogen (secondary N) is 1. The first kappa shape index (κ1) is 12.3. The first-order valence-electron chi connectivity index (χ1n) is 4.97. The van der Waals surface area contributed by atoms with E-state index in [2.05, 4.69) is 28.2 Å². The Balaban J connectivity index is 2.60. The van der Waals surface area contributed by atoms with Crippen molar-refractivity contribution in [3.8, 4) is 0 Å². The van der Waals surface area contributed by atoms with Crippen molar-refractivity contribution in [2.24, 2.45) is 5.92 Å². The predicted octanol–water partition coefficient (Wildman–Crippen LogP) is 2.74. The van der Waals surface area contributed by atoms with Crippen LogP contribution in [-0.2, 0) is 0 Å². The molecule has 4 heteroatoms. The number of hydrogen-bond acceptors (Lipinski definition) is 2. The summed E-state index contributed by atoms with van der Waals surface area (Å²) in [6, 6.07) is 1.84. The van der Waals surface area contributed by atoms with Gasteiger partial charge in [-0.25, -0.2) is 0 Å². The van der Waals surface area contributed by atoms with Crippen LogP contribution in [0.5, 0.6) is 0 Å². The number of amides is 1. The van der Waals surface area contributed by atoms with Crippen LogP contribution in [0, 0.1) is 12.8 Å². The second kappa shape index (κ2) is 5.35. The average Bonchev–Trinajstić information content (AvgIpc) is 2.63. The maximum absolute atomic E-state index is 11.8. The summed E-state index contributed by atoms with van der Waals surface area (Å²) in [5.74, 6) is 0.994. The quantitative estimate of drug-likeness (QED) is 0.858. The average molecular weight is 274 g/mol. The maximum Gasteiger partial charge on any atom is 0.255 e. The van der Waals surface area contributed by atoms with Crippen LogP contribution in [0.25, 0.3) is 0 Å². The van der Waals surface area contributed by atoms with E-state index in [4.69, 9.17) is 4.42 Å². The number of carbonyl (C=O) groups is 1.